The lowest BCUT2D eigenvalue weighted by Crippen LogP contribution is -2.16. The Balaban J connectivity index is 1.99. The molecule has 0 unspecified atom stereocenters. The molecular formula is C11H21N5. The number of hydrogen-bond acceptors (Lipinski definition) is 4. The van der Waals surface area contributed by atoms with Gasteiger partial charge in [-0.15, -0.1) is 5.10 Å². The molecule has 5 nitrogen and oxygen atoms in total. The first-order valence-corrected chi connectivity index (χ1v) is 5.99. The van der Waals surface area contributed by atoms with Crippen LogP contribution in [0.5, 0.6) is 0 Å². The molecule has 2 N–H and O–H groups in total. The molecule has 0 bridgehead atoms. The lowest BCUT2D eigenvalue weighted by molar-refractivity contribution is 0.376. The number of aromatic nitrogens is 3. The van der Waals surface area contributed by atoms with Crippen molar-refractivity contribution in [2.45, 2.75) is 38.3 Å². The fourth-order valence-corrected chi connectivity index (χ4v) is 2.01. The summed E-state index contributed by atoms with van der Waals surface area (Å²) in [6.07, 6.45) is 3.65. The predicted molar refractivity (Wildman–Crippen MR) is 63.1 cm³/mol. The molecule has 5 heteroatoms. The first kappa shape index (κ1) is 11.5. The molecule has 0 radical (unpaired) electrons. The van der Waals surface area contributed by atoms with Gasteiger partial charge in [0, 0.05) is 19.0 Å². The van der Waals surface area contributed by atoms with Gasteiger partial charge < -0.3 is 10.6 Å². The third kappa shape index (κ3) is 2.59. The molecule has 0 aromatic carbocycles. The Morgan fingerprint density at radius 3 is 2.75 bits per heavy atom. The van der Waals surface area contributed by atoms with Crippen molar-refractivity contribution in [1.29, 1.82) is 0 Å². The molecule has 0 amide bonds. The first-order valence-electron chi connectivity index (χ1n) is 5.99. The van der Waals surface area contributed by atoms with E-state index < -0.39 is 0 Å². The minimum Gasteiger partial charge on any atom is -0.325 e. The van der Waals surface area contributed by atoms with Crippen molar-refractivity contribution in [2.75, 3.05) is 20.6 Å². The van der Waals surface area contributed by atoms with Crippen LogP contribution in [0.2, 0.25) is 0 Å². The Bertz CT molecular complexity index is 340. The van der Waals surface area contributed by atoms with E-state index >= 15 is 0 Å². The molecule has 16 heavy (non-hydrogen) atoms. The van der Waals surface area contributed by atoms with Gasteiger partial charge in [0.05, 0.1) is 11.4 Å². The van der Waals surface area contributed by atoms with Crippen molar-refractivity contribution in [2.24, 2.45) is 5.73 Å². The van der Waals surface area contributed by atoms with Gasteiger partial charge in [-0.3, -0.25) is 0 Å². The van der Waals surface area contributed by atoms with Crippen LogP contribution in [-0.2, 0) is 13.1 Å². The second-order valence-corrected chi connectivity index (χ2v) is 4.78. The maximum atomic E-state index is 5.68. The van der Waals surface area contributed by atoms with Gasteiger partial charge in [-0.1, -0.05) is 5.21 Å². The van der Waals surface area contributed by atoms with Gasteiger partial charge in [0.1, 0.15) is 0 Å². The van der Waals surface area contributed by atoms with Crippen LogP contribution in [0.4, 0.5) is 0 Å². The van der Waals surface area contributed by atoms with Crippen LogP contribution >= 0.6 is 0 Å². The van der Waals surface area contributed by atoms with Gasteiger partial charge in [0.2, 0.25) is 0 Å². The highest BCUT2D eigenvalue weighted by Gasteiger charge is 2.30. The number of aryl methyl sites for hydroxylation is 1. The van der Waals surface area contributed by atoms with Crippen molar-refractivity contribution < 1.29 is 0 Å². The largest absolute Gasteiger partial charge is 0.325 e. The van der Waals surface area contributed by atoms with Crippen LogP contribution in [-0.4, -0.2) is 40.5 Å². The molecule has 1 aromatic rings. The topological polar surface area (TPSA) is 60.0 Å². The van der Waals surface area contributed by atoms with Gasteiger partial charge in [-0.05, 0) is 39.9 Å². The zero-order valence-corrected chi connectivity index (χ0v) is 10.2. The van der Waals surface area contributed by atoms with E-state index in [2.05, 4.69) is 34.0 Å². The molecule has 1 aliphatic carbocycles. The zero-order chi connectivity index (χ0) is 11.5. The number of rotatable bonds is 6. The van der Waals surface area contributed by atoms with Crippen LogP contribution < -0.4 is 5.73 Å². The van der Waals surface area contributed by atoms with E-state index in [1.54, 1.807) is 0 Å². The minimum atomic E-state index is 0.513. The Hall–Kier alpha value is -0.940. The van der Waals surface area contributed by atoms with E-state index in [-0.39, 0.29) is 0 Å². The van der Waals surface area contributed by atoms with Gasteiger partial charge in [-0.25, -0.2) is 4.68 Å². The normalized spacial score (nSPS) is 16.0. The highest BCUT2D eigenvalue weighted by molar-refractivity contribution is 5.20. The molecule has 0 saturated heterocycles. The van der Waals surface area contributed by atoms with Crippen LogP contribution in [0.15, 0.2) is 0 Å². The van der Waals surface area contributed by atoms with Crippen molar-refractivity contribution >= 4 is 0 Å². The van der Waals surface area contributed by atoms with Crippen LogP contribution in [0.1, 0.15) is 36.6 Å². The highest BCUT2D eigenvalue weighted by atomic mass is 15.4. The Morgan fingerprint density at radius 2 is 2.19 bits per heavy atom. The summed E-state index contributed by atoms with van der Waals surface area (Å²) in [6, 6.07) is 0. The van der Waals surface area contributed by atoms with Gasteiger partial charge in [-0.2, -0.15) is 0 Å². The lowest BCUT2D eigenvalue weighted by atomic mass is 10.2. The first-order chi connectivity index (χ1) is 7.72. The highest BCUT2D eigenvalue weighted by Crippen LogP contribution is 2.41. The van der Waals surface area contributed by atoms with Crippen LogP contribution in [0, 0.1) is 0 Å². The third-order valence-electron chi connectivity index (χ3n) is 2.98. The standard InChI is InChI=1S/C11H21N5/c1-15(2)6-3-7-16-11(9-4-5-9)10(8-12)13-14-16/h9H,3-8,12H2,1-2H3. The molecule has 0 aliphatic heterocycles. The molecule has 90 valence electrons. The van der Waals surface area contributed by atoms with Gasteiger partial charge in [0.25, 0.3) is 0 Å². The molecule has 1 saturated carbocycles. The van der Waals surface area contributed by atoms with Crippen LogP contribution in [0.3, 0.4) is 0 Å². The molecular weight excluding hydrogens is 202 g/mol. The lowest BCUT2D eigenvalue weighted by Gasteiger charge is -2.10. The number of nitrogens with zero attached hydrogens (tertiary/aromatic N) is 4. The maximum absolute atomic E-state index is 5.68. The summed E-state index contributed by atoms with van der Waals surface area (Å²) in [4.78, 5) is 2.19. The molecule has 1 aliphatic rings. The van der Waals surface area contributed by atoms with E-state index in [9.17, 15) is 0 Å². The van der Waals surface area contributed by atoms with Crippen molar-refractivity contribution in [3.8, 4) is 0 Å². The zero-order valence-electron chi connectivity index (χ0n) is 10.2. The van der Waals surface area contributed by atoms with E-state index in [4.69, 9.17) is 5.73 Å². The molecule has 1 heterocycles. The summed E-state index contributed by atoms with van der Waals surface area (Å²) in [5.74, 6) is 0.674. The summed E-state index contributed by atoms with van der Waals surface area (Å²) < 4.78 is 2.06. The minimum absolute atomic E-state index is 0.513. The monoisotopic (exact) mass is 223 g/mol. The summed E-state index contributed by atoms with van der Waals surface area (Å²) in [5, 5.41) is 8.38. The SMILES string of the molecule is CN(C)CCCn1nnc(CN)c1C1CC1. The fraction of sp³-hybridized carbons (Fsp3) is 0.818. The molecule has 0 spiro atoms. The van der Waals surface area contributed by atoms with Crippen molar-refractivity contribution in [3.63, 3.8) is 0 Å². The number of hydrogen-bond donors (Lipinski definition) is 1. The van der Waals surface area contributed by atoms with E-state index in [0.717, 1.165) is 25.2 Å². The molecule has 2 rings (SSSR count). The average molecular weight is 223 g/mol. The fourth-order valence-electron chi connectivity index (χ4n) is 2.01. The summed E-state index contributed by atoms with van der Waals surface area (Å²) in [5.41, 5.74) is 7.97. The van der Waals surface area contributed by atoms with Crippen molar-refractivity contribution in [3.05, 3.63) is 11.4 Å². The smallest absolute Gasteiger partial charge is 0.0997 e. The summed E-state index contributed by atoms with van der Waals surface area (Å²) >= 11 is 0. The Kier molecular flexibility index (Phi) is 3.56. The van der Waals surface area contributed by atoms with E-state index in [1.807, 2.05) is 0 Å². The van der Waals surface area contributed by atoms with Gasteiger partial charge >= 0.3 is 0 Å². The molecule has 1 aromatic heterocycles. The molecule has 1 fully saturated rings. The third-order valence-corrected chi connectivity index (χ3v) is 2.98. The molecule has 0 atom stereocenters. The Morgan fingerprint density at radius 1 is 1.44 bits per heavy atom. The van der Waals surface area contributed by atoms with Gasteiger partial charge in [0.15, 0.2) is 0 Å². The number of nitrogens with two attached hydrogens (primary N) is 1. The maximum Gasteiger partial charge on any atom is 0.0997 e. The summed E-state index contributed by atoms with van der Waals surface area (Å²) in [6.45, 7) is 2.55. The predicted octanol–water partition coefficient (Wildman–Crippen LogP) is 0.566. The van der Waals surface area contributed by atoms with E-state index in [1.165, 1.54) is 18.5 Å². The second kappa shape index (κ2) is 4.93. The van der Waals surface area contributed by atoms with E-state index in [0.29, 0.717) is 12.5 Å². The Labute approximate surface area is 96.6 Å². The second-order valence-electron chi connectivity index (χ2n) is 4.78. The van der Waals surface area contributed by atoms with Crippen molar-refractivity contribution in [1.82, 2.24) is 19.9 Å². The quantitative estimate of drug-likeness (QED) is 0.766. The summed E-state index contributed by atoms with van der Waals surface area (Å²) in [7, 11) is 4.18. The average Bonchev–Trinajstić information content (AvgIpc) is 3.00. The van der Waals surface area contributed by atoms with Crippen LogP contribution in [0.25, 0.3) is 0 Å².